The number of carbonyl (C=O) groups excluding carboxylic acids is 1. The molecule has 5 heteroatoms. The Labute approximate surface area is 91.8 Å². The van der Waals surface area contributed by atoms with Crippen LogP contribution in [-0.4, -0.2) is 23.4 Å². The van der Waals surface area contributed by atoms with Crippen molar-refractivity contribution < 1.29 is 13.6 Å². The number of amides is 1. The second kappa shape index (κ2) is 4.17. The molecule has 1 aromatic carbocycles. The van der Waals surface area contributed by atoms with E-state index in [9.17, 15) is 13.6 Å². The summed E-state index contributed by atoms with van der Waals surface area (Å²) in [6.07, 6.45) is 0.275. The van der Waals surface area contributed by atoms with E-state index in [1.165, 1.54) is 4.90 Å². The van der Waals surface area contributed by atoms with Crippen molar-refractivity contribution in [3.63, 3.8) is 0 Å². The predicted molar refractivity (Wildman–Crippen MR) is 54.4 cm³/mol. The van der Waals surface area contributed by atoms with Gasteiger partial charge < -0.3 is 10.6 Å². The van der Waals surface area contributed by atoms with Crippen LogP contribution in [0.1, 0.15) is 12.0 Å². The third-order valence-corrected chi connectivity index (χ3v) is 2.61. The fraction of sp³-hybridized carbons (Fsp3) is 0.364. The Morgan fingerprint density at radius 1 is 1.44 bits per heavy atom. The molecule has 1 unspecified atom stereocenters. The molecule has 0 saturated carbocycles. The minimum atomic E-state index is -0.507. The highest BCUT2D eigenvalue weighted by molar-refractivity contribution is 5.79. The van der Waals surface area contributed by atoms with Crippen LogP contribution in [0.2, 0.25) is 0 Å². The highest BCUT2D eigenvalue weighted by Crippen LogP contribution is 2.16. The Morgan fingerprint density at radius 2 is 2.19 bits per heavy atom. The number of hydrogen-bond acceptors (Lipinski definition) is 2. The normalized spacial score (nSPS) is 20.6. The quantitative estimate of drug-likeness (QED) is 0.818. The largest absolute Gasteiger partial charge is 0.337 e. The van der Waals surface area contributed by atoms with Gasteiger partial charge in [-0.3, -0.25) is 4.79 Å². The van der Waals surface area contributed by atoms with Gasteiger partial charge in [0, 0.05) is 31.1 Å². The van der Waals surface area contributed by atoms with Gasteiger partial charge in [0.05, 0.1) is 0 Å². The second-order valence-corrected chi connectivity index (χ2v) is 3.97. The van der Waals surface area contributed by atoms with Crippen molar-refractivity contribution in [3.8, 4) is 0 Å². The predicted octanol–water partition coefficient (Wildman–Crippen LogP) is 1.02. The molecule has 0 aliphatic carbocycles. The van der Waals surface area contributed by atoms with Crippen molar-refractivity contribution >= 4 is 5.91 Å². The lowest BCUT2D eigenvalue weighted by Crippen LogP contribution is -2.28. The van der Waals surface area contributed by atoms with Gasteiger partial charge in [0.15, 0.2) is 0 Å². The molecule has 2 rings (SSSR count). The first-order valence-corrected chi connectivity index (χ1v) is 5.03. The molecular formula is C11H12F2N2O. The Kier molecular flexibility index (Phi) is 2.87. The van der Waals surface area contributed by atoms with Crippen molar-refractivity contribution in [2.24, 2.45) is 5.73 Å². The maximum absolute atomic E-state index is 13.3. The lowest BCUT2D eigenvalue weighted by molar-refractivity contribution is -0.128. The zero-order valence-corrected chi connectivity index (χ0v) is 8.62. The number of carbonyl (C=O) groups is 1. The molecule has 1 atom stereocenters. The van der Waals surface area contributed by atoms with Gasteiger partial charge in [0.1, 0.15) is 11.6 Å². The van der Waals surface area contributed by atoms with Crippen LogP contribution in [0, 0.1) is 11.6 Å². The van der Waals surface area contributed by atoms with E-state index in [1.54, 1.807) is 0 Å². The molecule has 0 bridgehead atoms. The summed E-state index contributed by atoms with van der Waals surface area (Å²) >= 11 is 0. The summed E-state index contributed by atoms with van der Waals surface area (Å²) in [6.45, 7) is 0.477. The lowest BCUT2D eigenvalue weighted by atomic mass is 10.2. The molecule has 1 aliphatic heterocycles. The topological polar surface area (TPSA) is 46.3 Å². The maximum Gasteiger partial charge on any atom is 0.224 e. The van der Waals surface area contributed by atoms with Gasteiger partial charge in [-0.25, -0.2) is 8.78 Å². The first-order chi connectivity index (χ1) is 7.56. The summed E-state index contributed by atoms with van der Waals surface area (Å²) < 4.78 is 26.2. The minimum absolute atomic E-state index is 0.0795. The van der Waals surface area contributed by atoms with Gasteiger partial charge in [0.2, 0.25) is 5.91 Å². The van der Waals surface area contributed by atoms with E-state index in [0.29, 0.717) is 6.54 Å². The number of halogens is 2. The van der Waals surface area contributed by atoms with Crippen molar-refractivity contribution in [2.45, 2.75) is 19.0 Å². The Bertz CT molecular complexity index is 422. The fourth-order valence-electron chi connectivity index (χ4n) is 1.83. The van der Waals surface area contributed by atoms with Gasteiger partial charge in [-0.15, -0.1) is 0 Å². The molecule has 2 N–H and O–H groups in total. The molecule has 1 fully saturated rings. The van der Waals surface area contributed by atoms with E-state index in [-0.39, 0.29) is 30.5 Å². The van der Waals surface area contributed by atoms with E-state index < -0.39 is 11.6 Å². The van der Waals surface area contributed by atoms with Gasteiger partial charge in [0.25, 0.3) is 0 Å². The van der Waals surface area contributed by atoms with Crippen LogP contribution in [0.3, 0.4) is 0 Å². The van der Waals surface area contributed by atoms with E-state index >= 15 is 0 Å². The molecule has 1 saturated heterocycles. The molecule has 0 spiro atoms. The summed E-state index contributed by atoms with van der Waals surface area (Å²) in [4.78, 5) is 12.9. The highest BCUT2D eigenvalue weighted by atomic mass is 19.1. The standard InChI is InChI=1S/C11H12F2N2O/c12-8-1-2-10(13)7(3-8)5-15-6-9(14)4-11(15)16/h1-3,9H,4-6,14H2. The highest BCUT2D eigenvalue weighted by Gasteiger charge is 2.27. The monoisotopic (exact) mass is 226 g/mol. The molecule has 1 aliphatic rings. The number of nitrogens with zero attached hydrogens (tertiary/aromatic N) is 1. The van der Waals surface area contributed by atoms with Gasteiger partial charge in [-0.05, 0) is 18.2 Å². The van der Waals surface area contributed by atoms with Crippen LogP contribution in [0.25, 0.3) is 0 Å². The average molecular weight is 226 g/mol. The van der Waals surface area contributed by atoms with Crippen molar-refractivity contribution in [3.05, 3.63) is 35.4 Å². The zero-order chi connectivity index (χ0) is 11.7. The summed E-state index contributed by atoms with van der Waals surface area (Å²) in [5.74, 6) is -1.13. The van der Waals surface area contributed by atoms with E-state index in [4.69, 9.17) is 5.73 Å². The van der Waals surface area contributed by atoms with E-state index in [2.05, 4.69) is 0 Å². The second-order valence-electron chi connectivity index (χ2n) is 3.97. The van der Waals surface area contributed by atoms with Crippen molar-refractivity contribution in [1.82, 2.24) is 4.90 Å². The molecule has 1 amide bonds. The molecule has 1 heterocycles. The number of rotatable bonds is 2. The summed E-state index contributed by atoms with van der Waals surface area (Å²) in [5.41, 5.74) is 5.79. The number of hydrogen-bond donors (Lipinski definition) is 1. The lowest BCUT2D eigenvalue weighted by Gasteiger charge is -2.16. The van der Waals surface area contributed by atoms with Gasteiger partial charge in [-0.1, -0.05) is 0 Å². The van der Waals surface area contributed by atoms with Crippen LogP contribution in [0.4, 0.5) is 8.78 Å². The van der Waals surface area contributed by atoms with Crippen LogP contribution >= 0.6 is 0 Å². The molecule has 86 valence electrons. The molecule has 0 radical (unpaired) electrons. The summed E-state index contributed by atoms with van der Waals surface area (Å²) in [5, 5.41) is 0. The van der Waals surface area contributed by atoms with E-state index in [0.717, 1.165) is 18.2 Å². The van der Waals surface area contributed by atoms with Crippen molar-refractivity contribution in [2.75, 3.05) is 6.54 Å². The molecule has 16 heavy (non-hydrogen) atoms. The van der Waals surface area contributed by atoms with Gasteiger partial charge >= 0.3 is 0 Å². The molecular weight excluding hydrogens is 214 g/mol. The number of benzene rings is 1. The van der Waals surface area contributed by atoms with E-state index in [1.807, 2.05) is 0 Å². The Balaban J connectivity index is 2.15. The summed E-state index contributed by atoms with van der Waals surface area (Å²) in [6, 6.07) is 3.01. The van der Waals surface area contributed by atoms with Crippen LogP contribution < -0.4 is 5.73 Å². The maximum atomic E-state index is 13.3. The third-order valence-electron chi connectivity index (χ3n) is 2.61. The fourth-order valence-corrected chi connectivity index (χ4v) is 1.83. The Hall–Kier alpha value is -1.49. The van der Waals surface area contributed by atoms with Crippen molar-refractivity contribution in [1.29, 1.82) is 0 Å². The zero-order valence-electron chi connectivity index (χ0n) is 8.62. The smallest absolute Gasteiger partial charge is 0.224 e. The minimum Gasteiger partial charge on any atom is -0.337 e. The Morgan fingerprint density at radius 3 is 2.81 bits per heavy atom. The number of nitrogens with two attached hydrogens (primary N) is 1. The van der Waals surface area contributed by atoms with Gasteiger partial charge in [-0.2, -0.15) is 0 Å². The molecule has 3 nitrogen and oxygen atoms in total. The average Bonchev–Trinajstić information content (AvgIpc) is 2.51. The van der Waals surface area contributed by atoms with Crippen LogP contribution in [0.5, 0.6) is 0 Å². The number of likely N-dealkylation sites (tertiary alicyclic amines) is 1. The van der Waals surface area contributed by atoms with Crippen LogP contribution in [-0.2, 0) is 11.3 Å². The SMILES string of the molecule is NC1CC(=O)N(Cc2cc(F)ccc2F)C1. The first kappa shape index (κ1) is 11.0. The third kappa shape index (κ3) is 2.19. The first-order valence-electron chi connectivity index (χ1n) is 5.03. The molecule has 1 aromatic rings. The molecule has 0 aromatic heterocycles. The van der Waals surface area contributed by atoms with Crippen LogP contribution in [0.15, 0.2) is 18.2 Å². The summed E-state index contributed by atoms with van der Waals surface area (Å²) in [7, 11) is 0.